The fourth-order valence-electron chi connectivity index (χ4n) is 1.18. The van der Waals surface area contributed by atoms with Gasteiger partial charge >= 0.3 is 5.97 Å². The molecule has 0 aliphatic rings. The van der Waals surface area contributed by atoms with Gasteiger partial charge in [-0.2, -0.15) is 0 Å². The molecule has 0 saturated heterocycles. The fraction of sp³-hybridized carbons (Fsp3) is 0.583. The summed E-state index contributed by atoms with van der Waals surface area (Å²) in [7, 11) is 0. The molecule has 0 saturated carbocycles. The zero-order chi connectivity index (χ0) is 14.6. The van der Waals surface area contributed by atoms with E-state index >= 15 is 0 Å². The quantitative estimate of drug-likeness (QED) is 0.716. The van der Waals surface area contributed by atoms with Crippen molar-refractivity contribution in [3.63, 3.8) is 0 Å². The van der Waals surface area contributed by atoms with Crippen LogP contribution in [0.25, 0.3) is 0 Å². The van der Waals surface area contributed by atoms with Gasteiger partial charge in [0.05, 0.1) is 12.2 Å². The molecular formula is C12H19N3O4. The number of aliphatic carboxylic acids is 1. The highest BCUT2D eigenvalue weighted by molar-refractivity contribution is 5.91. The van der Waals surface area contributed by atoms with E-state index in [0.29, 0.717) is 0 Å². The van der Waals surface area contributed by atoms with Gasteiger partial charge in [-0.25, -0.2) is 0 Å². The molecule has 19 heavy (non-hydrogen) atoms. The molecule has 0 radical (unpaired) electrons. The van der Waals surface area contributed by atoms with Crippen molar-refractivity contribution in [3.05, 3.63) is 11.8 Å². The molecule has 0 unspecified atom stereocenters. The van der Waals surface area contributed by atoms with Gasteiger partial charge in [-0.3, -0.25) is 20.2 Å². The molecule has 0 spiro atoms. The Morgan fingerprint density at radius 1 is 1.47 bits per heavy atom. The lowest BCUT2D eigenvalue weighted by molar-refractivity contribution is -0.143. The lowest BCUT2D eigenvalue weighted by Gasteiger charge is -2.20. The summed E-state index contributed by atoms with van der Waals surface area (Å²) in [4.78, 5) is 22.5. The number of carboxylic acid groups (broad SMARTS) is 1. The molecule has 1 rings (SSSR count). The van der Waals surface area contributed by atoms with Gasteiger partial charge in [-0.05, 0) is 19.8 Å². The molecule has 7 heteroatoms. The zero-order valence-corrected chi connectivity index (χ0v) is 11.5. The number of nitrogens with one attached hydrogen (secondary N) is 2. The number of carbonyl (C=O) groups is 2. The van der Waals surface area contributed by atoms with Gasteiger partial charge in [0, 0.05) is 6.07 Å². The smallest absolute Gasteiger partial charge is 0.323 e. The standard InChI is InChI=1S/C12H19N3O4/c1-7(2)8-5-10(19-15-8)14-9(16)6-13-12(3,4)11(17)18/h5,7,13H,6H2,1-4H3,(H,14,16)(H,17,18). The molecule has 0 aliphatic carbocycles. The Morgan fingerprint density at radius 3 is 2.58 bits per heavy atom. The normalized spacial score (nSPS) is 11.6. The molecule has 1 amide bonds. The maximum atomic E-state index is 11.6. The van der Waals surface area contributed by atoms with E-state index in [2.05, 4.69) is 15.8 Å². The van der Waals surface area contributed by atoms with E-state index in [-0.39, 0.29) is 24.3 Å². The molecular weight excluding hydrogens is 250 g/mol. The van der Waals surface area contributed by atoms with Crippen molar-refractivity contribution in [1.82, 2.24) is 10.5 Å². The number of amides is 1. The topological polar surface area (TPSA) is 104 Å². The van der Waals surface area contributed by atoms with E-state index in [0.717, 1.165) is 5.69 Å². The Hall–Kier alpha value is -1.89. The van der Waals surface area contributed by atoms with E-state index in [1.807, 2.05) is 13.8 Å². The Balaban J connectivity index is 2.49. The van der Waals surface area contributed by atoms with Crippen LogP contribution < -0.4 is 10.6 Å². The molecule has 1 aromatic rings. The van der Waals surface area contributed by atoms with Gasteiger partial charge in [0.1, 0.15) is 5.54 Å². The van der Waals surface area contributed by atoms with Gasteiger partial charge in [0.25, 0.3) is 0 Å². The minimum absolute atomic E-state index is 0.128. The van der Waals surface area contributed by atoms with E-state index in [1.54, 1.807) is 6.07 Å². The van der Waals surface area contributed by atoms with Crippen molar-refractivity contribution in [2.75, 3.05) is 11.9 Å². The lowest BCUT2D eigenvalue weighted by Crippen LogP contribution is -2.49. The molecule has 1 heterocycles. The number of nitrogens with zero attached hydrogens (tertiary/aromatic N) is 1. The molecule has 1 aromatic heterocycles. The minimum Gasteiger partial charge on any atom is -0.480 e. The Morgan fingerprint density at radius 2 is 2.11 bits per heavy atom. The molecule has 7 nitrogen and oxygen atoms in total. The number of hydrogen-bond acceptors (Lipinski definition) is 5. The van der Waals surface area contributed by atoms with Crippen LogP contribution in [0.2, 0.25) is 0 Å². The van der Waals surface area contributed by atoms with Crippen LogP contribution in [0.3, 0.4) is 0 Å². The van der Waals surface area contributed by atoms with Crippen LogP contribution >= 0.6 is 0 Å². The van der Waals surface area contributed by atoms with Crippen LogP contribution in [-0.4, -0.2) is 34.2 Å². The number of rotatable bonds is 6. The third-order valence-electron chi connectivity index (χ3n) is 2.61. The van der Waals surface area contributed by atoms with Crippen molar-refractivity contribution in [2.45, 2.75) is 39.2 Å². The number of anilines is 1. The van der Waals surface area contributed by atoms with Crippen LogP contribution in [0, 0.1) is 0 Å². The van der Waals surface area contributed by atoms with Gasteiger partial charge in [0.15, 0.2) is 0 Å². The predicted molar refractivity (Wildman–Crippen MR) is 68.9 cm³/mol. The second kappa shape index (κ2) is 5.83. The summed E-state index contributed by atoms with van der Waals surface area (Å²) < 4.78 is 4.95. The van der Waals surface area contributed by atoms with Crippen LogP contribution in [0.1, 0.15) is 39.3 Å². The maximum absolute atomic E-state index is 11.6. The first kappa shape index (κ1) is 15.2. The lowest BCUT2D eigenvalue weighted by atomic mass is 10.1. The van der Waals surface area contributed by atoms with Crippen molar-refractivity contribution in [1.29, 1.82) is 0 Å². The summed E-state index contributed by atoms with van der Waals surface area (Å²) >= 11 is 0. The molecule has 3 N–H and O–H groups in total. The number of hydrogen-bond donors (Lipinski definition) is 3. The second-order valence-electron chi connectivity index (χ2n) is 5.10. The van der Waals surface area contributed by atoms with E-state index in [4.69, 9.17) is 9.63 Å². The highest BCUT2D eigenvalue weighted by Gasteiger charge is 2.27. The van der Waals surface area contributed by atoms with Crippen LogP contribution in [0.5, 0.6) is 0 Å². The number of carboxylic acids is 1. The molecule has 106 valence electrons. The van der Waals surface area contributed by atoms with Crippen molar-refractivity contribution < 1.29 is 19.2 Å². The highest BCUT2D eigenvalue weighted by atomic mass is 16.5. The Kier molecular flexibility index (Phi) is 4.66. The average molecular weight is 269 g/mol. The highest BCUT2D eigenvalue weighted by Crippen LogP contribution is 2.17. The molecule has 0 bridgehead atoms. The third-order valence-corrected chi connectivity index (χ3v) is 2.61. The number of aromatic nitrogens is 1. The van der Waals surface area contributed by atoms with Crippen LogP contribution in [0.4, 0.5) is 5.88 Å². The summed E-state index contributed by atoms with van der Waals surface area (Å²) in [5.74, 6) is -0.954. The van der Waals surface area contributed by atoms with Gasteiger partial charge in [0.2, 0.25) is 11.8 Å². The Bertz CT molecular complexity index is 465. The first-order chi connectivity index (χ1) is 8.72. The van der Waals surface area contributed by atoms with Crippen LogP contribution in [0.15, 0.2) is 10.6 Å². The molecule has 0 aliphatic heterocycles. The first-order valence-electron chi connectivity index (χ1n) is 5.97. The zero-order valence-electron chi connectivity index (χ0n) is 11.5. The summed E-state index contributed by atoms with van der Waals surface area (Å²) in [6.45, 7) is 6.75. The average Bonchev–Trinajstić information content (AvgIpc) is 2.75. The SMILES string of the molecule is CC(C)c1cc(NC(=O)CNC(C)(C)C(=O)O)on1. The monoisotopic (exact) mass is 269 g/mol. The maximum Gasteiger partial charge on any atom is 0.323 e. The van der Waals surface area contributed by atoms with Crippen LogP contribution in [-0.2, 0) is 9.59 Å². The fourth-order valence-corrected chi connectivity index (χ4v) is 1.18. The molecule has 0 atom stereocenters. The largest absolute Gasteiger partial charge is 0.480 e. The summed E-state index contributed by atoms with van der Waals surface area (Å²) in [6.07, 6.45) is 0. The van der Waals surface area contributed by atoms with E-state index in [9.17, 15) is 9.59 Å². The van der Waals surface area contributed by atoms with Crippen molar-refractivity contribution >= 4 is 17.8 Å². The summed E-state index contributed by atoms with van der Waals surface area (Å²) in [5, 5.41) is 17.8. The van der Waals surface area contributed by atoms with E-state index < -0.39 is 11.5 Å². The van der Waals surface area contributed by atoms with Crippen molar-refractivity contribution in [3.8, 4) is 0 Å². The predicted octanol–water partition coefficient (Wildman–Crippen LogP) is 1.19. The van der Waals surface area contributed by atoms with E-state index in [1.165, 1.54) is 13.8 Å². The Labute approximate surface area is 111 Å². The van der Waals surface area contributed by atoms with Gasteiger partial charge < -0.3 is 9.63 Å². The molecule has 0 aromatic carbocycles. The summed E-state index contributed by atoms with van der Waals surface area (Å²) in [6, 6.07) is 1.64. The third kappa shape index (κ3) is 4.36. The van der Waals surface area contributed by atoms with Crippen molar-refractivity contribution in [2.24, 2.45) is 0 Å². The first-order valence-corrected chi connectivity index (χ1v) is 5.97. The summed E-state index contributed by atoms with van der Waals surface area (Å²) in [5.41, 5.74) is -0.420. The number of carbonyl (C=O) groups excluding carboxylic acids is 1. The minimum atomic E-state index is -1.16. The van der Waals surface area contributed by atoms with Gasteiger partial charge in [-0.1, -0.05) is 19.0 Å². The second-order valence-corrected chi connectivity index (χ2v) is 5.10. The molecule has 0 fully saturated rings. The van der Waals surface area contributed by atoms with Gasteiger partial charge in [-0.15, -0.1) is 0 Å².